The zero-order valence-electron chi connectivity index (χ0n) is 10.0. The van der Waals surface area contributed by atoms with Gasteiger partial charge in [-0.2, -0.15) is 0 Å². The number of rotatable bonds is 2. The largest absolute Gasteiger partial charge is 0.356 e. The second kappa shape index (κ2) is 5.17. The minimum absolute atomic E-state index is 0.923. The number of pyridine rings is 1. The van der Waals surface area contributed by atoms with Crippen molar-refractivity contribution in [2.45, 2.75) is 33.1 Å². The molecule has 0 radical (unpaired) electrons. The van der Waals surface area contributed by atoms with Gasteiger partial charge in [-0.1, -0.05) is 13.3 Å². The molecule has 0 spiro atoms. The second-order valence-corrected chi connectivity index (χ2v) is 5.55. The van der Waals surface area contributed by atoms with E-state index in [-0.39, 0.29) is 0 Å². The van der Waals surface area contributed by atoms with E-state index < -0.39 is 0 Å². The second-order valence-electron chi connectivity index (χ2n) is 4.63. The molecular formula is C13H19BrN2. The monoisotopic (exact) mass is 282 g/mol. The number of hydrogen-bond acceptors (Lipinski definition) is 2. The molecule has 2 heterocycles. The Morgan fingerprint density at radius 3 is 2.69 bits per heavy atom. The molecule has 3 heteroatoms. The molecule has 0 atom stereocenters. The van der Waals surface area contributed by atoms with Crippen LogP contribution in [0, 0.1) is 12.8 Å². The number of aryl methyl sites for hydroxylation is 1. The first-order chi connectivity index (χ1) is 7.70. The Bertz CT molecular complexity index is 357. The van der Waals surface area contributed by atoms with Crippen molar-refractivity contribution in [3.63, 3.8) is 0 Å². The normalized spacial score (nSPS) is 17.8. The van der Waals surface area contributed by atoms with Gasteiger partial charge in [0.25, 0.3) is 0 Å². The van der Waals surface area contributed by atoms with Gasteiger partial charge in [-0.3, -0.25) is 0 Å². The van der Waals surface area contributed by atoms with Crippen LogP contribution in [0.1, 0.15) is 31.7 Å². The summed E-state index contributed by atoms with van der Waals surface area (Å²) in [7, 11) is 0. The van der Waals surface area contributed by atoms with Gasteiger partial charge in [-0.25, -0.2) is 4.98 Å². The molecule has 1 fully saturated rings. The van der Waals surface area contributed by atoms with Gasteiger partial charge in [-0.05, 0) is 53.2 Å². The van der Waals surface area contributed by atoms with Crippen molar-refractivity contribution in [1.82, 2.24) is 4.98 Å². The fourth-order valence-electron chi connectivity index (χ4n) is 2.42. The average Bonchev–Trinajstić information content (AvgIpc) is 2.29. The Hall–Kier alpha value is -0.570. The molecule has 1 saturated heterocycles. The Balaban J connectivity index is 2.08. The predicted octanol–water partition coefficient (Wildman–Crippen LogP) is 3.78. The minimum atomic E-state index is 0.923. The highest BCUT2D eigenvalue weighted by atomic mass is 79.9. The molecule has 0 N–H and O–H groups in total. The van der Waals surface area contributed by atoms with Crippen LogP contribution in [0.3, 0.4) is 0 Å². The van der Waals surface area contributed by atoms with E-state index in [0.717, 1.165) is 29.3 Å². The molecule has 2 nitrogen and oxygen atoms in total. The van der Waals surface area contributed by atoms with E-state index in [2.05, 4.69) is 45.7 Å². The Morgan fingerprint density at radius 2 is 2.12 bits per heavy atom. The molecule has 1 aliphatic rings. The van der Waals surface area contributed by atoms with Gasteiger partial charge in [0, 0.05) is 23.8 Å². The molecule has 2 rings (SSSR count). The number of nitrogens with zero attached hydrogens (tertiary/aromatic N) is 2. The Kier molecular flexibility index (Phi) is 3.85. The zero-order chi connectivity index (χ0) is 11.5. The Labute approximate surface area is 106 Å². The van der Waals surface area contributed by atoms with Crippen molar-refractivity contribution in [2.24, 2.45) is 5.92 Å². The lowest BCUT2D eigenvalue weighted by molar-refractivity contribution is 0.393. The van der Waals surface area contributed by atoms with Crippen LogP contribution in [0.5, 0.6) is 0 Å². The smallest absolute Gasteiger partial charge is 0.131 e. The van der Waals surface area contributed by atoms with Gasteiger partial charge in [0.2, 0.25) is 0 Å². The molecular weight excluding hydrogens is 264 g/mol. The quantitative estimate of drug-likeness (QED) is 0.821. The molecule has 0 aliphatic carbocycles. The van der Waals surface area contributed by atoms with Crippen molar-refractivity contribution < 1.29 is 0 Å². The Morgan fingerprint density at radius 1 is 1.44 bits per heavy atom. The third-order valence-corrected chi connectivity index (χ3v) is 3.94. The van der Waals surface area contributed by atoms with E-state index in [1.54, 1.807) is 0 Å². The number of hydrogen-bond donors (Lipinski definition) is 0. The van der Waals surface area contributed by atoms with E-state index in [1.807, 2.05) is 6.20 Å². The van der Waals surface area contributed by atoms with E-state index in [9.17, 15) is 0 Å². The SMILES string of the molecule is CCC1CCN(c2ncc(Br)cc2C)CC1. The minimum Gasteiger partial charge on any atom is -0.356 e. The lowest BCUT2D eigenvalue weighted by Crippen LogP contribution is -2.34. The molecule has 0 amide bonds. The number of piperidine rings is 1. The van der Waals surface area contributed by atoms with E-state index in [4.69, 9.17) is 0 Å². The van der Waals surface area contributed by atoms with Crippen LogP contribution >= 0.6 is 15.9 Å². The lowest BCUT2D eigenvalue weighted by Gasteiger charge is -2.33. The van der Waals surface area contributed by atoms with E-state index in [1.165, 1.54) is 24.8 Å². The van der Waals surface area contributed by atoms with Crippen molar-refractivity contribution >= 4 is 21.7 Å². The van der Waals surface area contributed by atoms with Gasteiger partial charge in [0.1, 0.15) is 5.82 Å². The first-order valence-electron chi connectivity index (χ1n) is 6.07. The van der Waals surface area contributed by atoms with Crippen molar-refractivity contribution in [3.05, 3.63) is 22.3 Å². The number of anilines is 1. The first-order valence-corrected chi connectivity index (χ1v) is 6.87. The van der Waals surface area contributed by atoms with Crippen LogP contribution in [0.4, 0.5) is 5.82 Å². The summed E-state index contributed by atoms with van der Waals surface area (Å²) in [5.74, 6) is 2.09. The molecule has 0 unspecified atom stereocenters. The highest BCUT2D eigenvalue weighted by Crippen LogP contribution is 2.26. The molecule has 16 heavy (non-hydrogen) atoms. The van der Waals surface area contributed by atoms with E-state index >= 15 is 0 Å². The zero-order valence-corrected chi connectivity index (χ0v) is 11.6. The van der Waals surface area contributed by atoms with Gasteiger partial charge < -0.3 is 4.90 Å². The van der Waals surface area contributed by atoms with Crippen molar-refractivity contribution in [2.75, 3.05) is 18.0 Å². The first kappa shape index (κ1) is 11.9. The van der Waals surface area contributed by atoms with Crippen molar-refractivity contribution in [3.8, 4) is 0 Å². The topological polar surface area (TPSA) is 16.1 Å². The maximum Gasteiger partial charge on any atom is 0.131 e. The molecule has 1 aromatic rings. The highest BCUT2D eigenvalue weighted by molar-refractivity contribution is 9.10. The summed E-state index contributed by atoms with van der Waals surface area (Å²) >= 11 is 3.46. The van der Waals surface area contributed by atoms with E-state index in [0.29, 0.717) is 0 Å². The molecule has 0 aromatic carbocycles. The summed E-state index contributed by atoms with van der Waals surface area (Å²) < 4.78 is 1.07. The highest BCUT2D eigenvalue weighted by Gasteiger charge is 2.19. The number of aromatic nitrogens is 1. The van der Waals surface area contributed by atoms with Gasteiger partial charge in [-0.15, -0.1) is 0 Å². The summed E-state index contributed by atoms with van der Waals surface area (Å²) in [6.45, 7) is 6.75. The molecule has 1 aliphatic heterocycles. The molecule has 0 bridgehead atoms. The summed E-state index contributed by atoms with van der Waals surface area (Å²) in [6, 6.07) is 2.15. The average molecular weight is 283 g/mol. The fraction of sp³-hybridized carbons (Fsp3) is 0.615. The van der Waals surface area contributed by atoms with Crippen LogP contribution < -0.4 is 4.90 Å². The fourth-order valence-corrected chi connectivity index (χ4v) is 2.86. The van der Waals surface area contributed by atoms with Crippen LogP contribution in [0.2, 0.25) is 0 Å². The van der Waals surface area contributed by atoms with Crippen LogP contribution in [-0.2, 0) is 0 Å². The summed E-state index contributed by atoms with van der Waals surface area (Å²) in [6.07, 6.45) is 5.84. The number of halogens is 1. The molecule has 1 aromatic heterocycles. The van der Waals surface area contributed by atoms with Crippen molar-refractivity contribution in [1.29, 1.82) is 0 Å². The van der Waals surface area contributed by atoms with Crippen LogP contribution in [-0.4, -0.2) is 18.1 Å². The summed E-state index contributed by atoms with van der Waals surface area (Å²) in [5, 5.41) is 0. The van der Waals surface area contributed by atoms with Crippen LogP contribution in [0.15, 0.2) is 16.7 Å². The molecule has 0 saturated carbocycles. The van der Waals surface area contributed by atoms with Gasteiger partial charge in [0.05, 0.1) is 0 Å². The lowest BCUT2D eigenvalue weighted by atomic mass is 9.94. The predicted molar refractivity (Wildman–Crippen MR) is 71.9 cm³/mol. The molecule has 88 valence electrons. The summed E-state index contributed by atoms with van der Waals surface area (Å²) in [5.41, 5.74) is 1.27. The third-order valence-electron chi connectivity index (χ3n) is 3.51. The van der Waals surface area contributed by atoms with Gasteiger partial charge >= 0.3 is 0 Å². The standard InChI is InChI=1S/C13H19BrN2/c1-3-11-4-6-16(7-5-11)13-10(2)8-12(14)9-15-13/h8-9,11H,3-7H2,1-2H3. The van der Waals surface area contributed by atoms with Gasteiger partial charge in [0.15, 0.2) is 0 Å². The van der Waals surface area contributed by atoms with Crippen LogP contribution in [0.25, 0.3) is 0 Å². The maximum atomic E-state index is 4.53. The third kappa shape index (κ3) is 2.57. The summed E-state index contributed by atoms with van der Waals surface area (Å²) in [4.78, 5) is 6.96. The maximum absolute atomic E-state index is 4.53.